The third kappa shape index (κ3) is 4.43. The molecule has 2 aromatic carbocycles. The molecule has 1 N–H and O–H groups in total. The summed E-state index contributed by atoms with van der Waals surface area (Å²) in [6.07, 6.45) is 1.72. The van der Waals surface area contributed by atoms with Gasteiger partial charge in [-0.15, -0.1) is 5.10 Å². The van der Waals surface area contributed by atoms with E-state index in [1.807, 2.05) is 35.2 Å². The highest BCUT2D eigenvalue weighted by Crippen LogP contribution is 2.26. The van der Waals surface area contributed by atoms with E-state index in [-0.39, 0.29) is 40.1 Å². The van der Waals surface area contributed by atoms with Crippen LogP contribution in [0.2, 0.25) is 5.02 Å². The Kier molecular flexibility index (Phi) is 6.10. The standard InChI is InChI=1S/C24H22ClFN6O2/c25-18-7-4-8-19(26)17(18)14-32-23-21(29-30-32)24(34)28-22(27-23)16-9-11-31(12-10-16)20(33)13-15-5-2-1-3-6-15/h1-8,16H,9-14H2,(H,27,28,34). The van der Waals surface area contributed by atoms with Crippen molar-refractivity contribution in [3.63, 3.8) is 0 Å². The van der Waals surface area contributed by atoms with Gasteiger partial charge in [-0.2, -0.15) is 0 Å². The zero-order valence-electron chi connectivity index (χ0n) is 18.2. The lowest BCUT2D eigenvalue weighted by Crippen LogP contribution is -2.39. The number of piperidine rings is 1. The largest absolute Gasteiger partial charge is 0.342 e. The molecule has 1 saturated heterocycles. The summed E-state index contributed by atoms with van der Waals surface area (Å²) in [7, 11) is 0. The third-order valence-electron chi connectivity index (χ3n) is 6.19. The molecule has 0 atom stereocenters. The maximum absolute atomic E-state index is 14.3. The molecule has 8 nitrogen and oxygen atoms in total. The Labute approximate surface area is 199 Å². The molecule has 1 aliphatic heterocycles. The number of H-pyrrole nitrogens is 1. The highest BCUT2D eigenvalue weighted by atomic mass is 35.5. The first-order valence-corrected chi connectivity index (χ1v) is 11.5. The number of hydrogen-bond donors (Lipinski definition) is 1. The van der Waals surface area contributed by atoms with Crippen LogP contribution in [-0.2, 0) is 17.8 Å². The van der Waals surface area contributed by atoms with Crippen LogP contribution in [0.15, 0.2) is 53.3 Å². The average Bonchev–Trinajstić information content (AvgIpc) is 3.25. The summed E-state index contributed by atoms with van der Waals surface area (Å²) in [6, 6.07) is 14.1. The van der Waals surface area contributed by atoms with Crippen molar-refractivity contribution < 1.29 is 9.18 Å². The number of amides is 1. The lowest BCUT2D eigenvalue weighted by molar-refractivity contribution is -0.131. The van der Waals surface area contributed by atoms with Gasteiger partial charge in [0.05, 0.1) is 13.0 Å². The number of benzene rings is 2. The van der Waals surface area contributed by atoms with Crippen molar-refractivity contribution in [2.75, 3.05) is 13.1 Å². The van der Waals surface area contributed by atoms with Crippen LogP contribution in [0.5, 0.6) is 0 Å². The van der Waals surface area contributed by atoms with Gasteiger partial charge in [0, 0.05) is 29.6 Å². The summed E-state index contributed by atoms with van der Waals surface area (Å²) >= 11 is 6.15. The molecule has 10 heteroatoms. The fourth-order valence-corrected chi connectivity index (χ4v) is 4.52. The minimum absolute atomic E-state index is 0.00430. The second-order valence-corrected chi connectivity index (χ2v) is 8.80. The molecule has 174 valence electrons. The van der Waals surface area contributed by atoms with Crippen LogP contribution in [0.3, 0.4) is 0 Å². The van der Waals surface area contributed by atoms with Gasteiger partial charge in [-0.05, 0) is 30.5 Å². The van der Waals surface area contributed by atoms with Crippen LogP contribution in [0.1, 0.15) is 35.7 Å². The molecule has 34 heavy (non-hydrogen) atoms. The van der Waals surface area contributed by atoms with E-state index in [1.165, 1.54) is 16.8 Å². The Morgan fingerprint density at radius 2 is 1.88 bits per heavy atom. The number of halogens is 2. The number of nitrogens with zero attached hydrogens (tertiary/aromatic N) is 5. The predicted octanol–water partition coefficient (Wildman–Crippen LogP) is 3.30. The number of carbonyl (C=O) groups is 1. The first kappa shape index (κ1) is 22.2. The van der Waals surface area contributed by atoms with E-state index in [9.17, 15) is 14.0 Å². The molecular formula is C24H22ClFN6O2. The molecule has 5 rings (SSSR count). The van der Waals surface area contributed by atoms with E-state index in [0.29, 0.717) is 38.2 Å². The zero-order valence-corrected chi connectivity index (χ0v) is 19.0. The molecule has 0 unspecified atom stereocenters. The summed E-state index contributed by atoms with van der Waals surface area (Å²) in [5, 5.41) is 8.19. The number of aromatic amines is 1. The zero-order chi connectivity index (χ0) is 23.7. The normalized spacial score (nSPS) is 14.6. The smallest absolute Gasteiger partial charge is 0.281 e. The van der Waals surface area contributed by atoms with Crippen molar-refractivity contribution in [3.8, 4) is 0 Å². The number of nitrogens with one attached hydrogen (secondary N) is 1. The molecule has 1 fully saturated rings. The van der Waals surface area contributed by atoms with Crippen molar-refractivity contribution in [3.05, 3.63) is 86.7 Å². The van der Waals surface area contributed by atoms with Crippen LogP contribution >= 0.6 is 11.6 Å². The van der Waals surface area contributed by atoms with Gasteiger partial charge in [0.2, 0.25) is 5.91 Å². The molecule has 1 amide bonds. The first-order chi connectivity index (χ1) is 16.5. The van der Waals surface area contributed by atoms with Crippen molar-refractivity contribution in [1.29, 1.82) is 0 Å². The van der Waals surface area contributed by atoms with Gasteiger partial charge in [-0.3, -0.25) is 9.59 Å². The fourth-order valence-electron chi connectivity index (χ4n) is 4.30. The summed E-state index contributed by atoms with van der Waals surface area (Å²) in [5.41, 5.74) is 1.22. The lowest BCUT2D eigenvalue weighted by Gasteiger charge is -2.31. The Balaban J connectivity index is 1.33. The molecule has 2 aromatic heterocycles. The van der Waals surface area contributed by atoms with E-state index >= 15 is 0 Å². The van der Waals surface area contributed by atoms with E-state index < -0.39 is 11.4 Å². The van der Waals surface area contributed by atoms with Gasteiger partial charge in [-0.1, -0.05) is 53.2 Å². The summed E-state index contributed by atoms with van der Waals surface area (Å²) < 4.78 is 15.7. The van der Waals surface area contributed by atoms with E-state index in [0.717, 1.165) is 5.56 Å². The van der Waals surface area contributed by atoms with Crippen LogP contribution < -0.4 is 5.56 Å². The number of fused-ring (bicyclic) bond motifs is 1. The topological polar surface area (TPSA) is 96.8 Å². The Morgan fingerprint density at radius 1 is 1.12 bits per heavy atom. The van der Waals surface area contributed by atoms with Gasteiger partial charge < -0.3 is 9.88 Å². The minimum atomic E-state index is -0.464. The molecule has 4 aromatic rings. The number of aromatic nitrogens is 5. The summed E-state index contributed by atoms with van der Waals surface area (Å²) in [5.74, 6) is 0.133. The van der Waals surface area contributed by atoms with Crippen LogP contribution in [0.4, 0.5) is 4.39 Å². The molecule has 3 heterocycles. The number of rotatable bonds is 5. The van der Waals surface area contributed by atoms with E-state index in [4.69, 9.17) is 11.6 Å². The van der Waals surface area contributed by atoms with Crippen molar-refractivity contribution >= 4 is 28.7 Å². The van der Waals surface area contributed by atoms with Crippen molar-refractivity contribution in [2.45, 2.75) is 31.7 Å². The maximum atomic E-state index is 14.3. The van der Waals surface area contributed by atoms with Crippen LogP contribution in [0, 0.1) is 5.82 Å². The number of likely N-dealkylation sites (tertiary alicyclic amines) is 1. The molecule has 0 bridgehead atoms. The van der Waals surface area contributed by atoms with Gasteiger partial charge in [-0.25, -0.2) is 14.1 Å². The maximum Gasteiger partial charge on any atom is 0.281 e. The SMILES string of the molecule is O=C(Cc1ccccc1)N1CCC(c2nc3c(nnn3Cc3c(F)cccc3Cl)c(=O)[nH]2)CC1. The van der Waals surface area contributed by atoms with Crippen LogP contribution in [0.25, 0.3) is 11.2 Å². The monoisotopic (exact) mass is 480 g/mol. The van der Waals surface area contributed by atoms with Gasteiger partial charge in [0.25, 0.3) is 5.56 Å². The van der Waals surface area contributed by atoms with E-state index in [2.05, 4.69) is 20.3 Å². The first-order valence-electron chi connectivity index (χ1n) is 11.1. The Hall–Kier alpha value is -3.59. The second-order valence-electron chi connectivity index (χ2n) is 8.39. The number of carbonyl (C=O) groups excluding carboxylic acids is 1. The highest BCUT2D eigenvalue weighted by Gasteiger charge is 2.26. The molecule has 0 aliphatic carbocycles. The highest BCUT2D eigenvalue weighted by molar-refractivity contribution is 6.31. The molecule has 0 radical (unpaired) electrons. The minimum Gasteiger partial charge on any atom is -0.342 e. The van der Waals surface area contributed by atoms with Gasteiger partial charge >= 0.3 is 0 Å². The summed E-state index contributed by atoms with van der Waals surface area (Å²) in [4.78, 5) is 34.6. The quantitative estimate of drug-likeness (QED) is 0.472. The lowest BCUT2D eigenvalue weighted by atomic mass is 9.95. The molecule has 1 aliphatic rings. The predicted molar refractivity (Wildman–Crippen MR) is 125 cm³/mol. The van der Waals surface area contributed by atoms with Crippen molar-refractivity contribution in [1.82, 2.24) is 29.9 Å². The molecular weight excluding hydrogens is 459 g/mol. The Bertz CT molecular complexity index is 1380. The van der Waals surface area contributed by atoms with Gasteiger partial charge in [0.15, 0.2) is 11.2 Å². The Morgan fingerprint density at radius 3 is 2.62 bits per heavy atom. The molecule has 0 saturated carbocycles. The number of hydrogen-bond acceptors (Lipinski definition) is 5. The molecule has 0 spiro atoms. The fraction of sp³-hybridized carbons (Fsp3) is 0.292. The van der Waals surface area contributed by atoms with E-state index in [1.54, 1.807) is 6.07 Å². The summed E-state index contributed by atoms with van der Waals surface area (Å²) in [6.45, 7) is 1.17. The van der Waals surface area contributed by atoms with Crippen LogP contribution in [-0.4, -0.2) is 48.9 Å². The van der Waals surface area contributed by atoms with Gasteiger partial charge in [0.1, 0.15) is 11.6 Å². The average molecular weight is 481 g/mol. The third-order valence-corrected chi connectivity index (χ3v) is 6.55. The second kappa shape index (κ2) is 9.34. The van der Waals surface area contributed by atoms with Crippen molar-refractivity contribution in [2.24, 2.45) is 0 Å².